The lowest BCUT2D eigenvalue weighted by Gasteiger charge is -2.34. The second-order valence-corrected chi connectivity index (χ2v) is 6.31. The zero-order valence-corrected chi connectivity index (χ0v) is 14.5. The molecule has 1 aromatic carbocycles. The first-order valence-corrected chi connectivity index (χ1v) is 8.48. The Balaban J connectivity index is 1.59. The lowest BCUT2D eigenvalue weighted by atomic mass is 10.1. The molecule has 0 aliphatic carbocycles. The normalized spacial score (nSPS) is 24.2. The number of likely N-dealkylation sites (N-methyl/N-ethyl adjacent to an activating group) is 1. The molecular formula is C17H19N5O4. The number of imide groups is 1. The van der Waals surface area contributed by atoms with Crippen LogP contribution in [-0.2, 0) is 9.53 Å². The van der Waals surface area contributed by atoms with Crippen LogP contribution in [0.15, 0.2) is 29.3 Å². The molecule has 9 heteroatoms. The Kier molecular flexibility index (Phi) is 3.78. The minimum absolute atomic E-state index is 0.323. The molecule has 3 aliphatic heterocycles. The minimum atomic E-state index is -0.521. The van der Waals surface area contributed by atoms with Crippen molar-refractivity contribution in [3.05, 3.63) is 29.8 Å². The molecule has 0 spiro atoms. The quantitative estimate of drug-likeness (QED) is 0.779. The number of benzene rings is 1. The molecule has 2 unspecified atom stereocenters. The van der Waals surface area contributed by atoms with Gasteiger partial charge in [-0.05, 0) is 31.2 Å². The van der Waals surface area contributed by atoms with E-state index in [-0.39, 0.29) is 11.9 Å². The van der Waals surface area contributed by atoms with Crippen LogP contribution in [0.3, 0.4) is 0 Å². The SMILES string of the molecule is CCOC(=O)c1ccc(N2CCN3C2=NC2C3C(=O)NC(=O)N2C)cc1. The lowest BCUT2D eigenvalue weighted by Crippen LogP contribution is -2.63. The fourth-order valence-corrected chi connectivity index (χ4v) is 3.52. The molecule has 4 rings (SSSR count). The molecule has 136 valence electrons. The second kappa shape index (κ2) is 6.01. The van der Waals surface area contributed by atoms with Crippen molar-refractivity contribution >= 4 is 29.6 Å². The van der Waals surface area contributed by atoms with E-state index in [9.17, 15) is 14.4 Å². The molecule has 3 amide bonds. The number of hydrogen-bond acceptors (Lipinski definition) is 7. The third kappa shape index (κ3) is 2.39. The van der Waals surface area contributed by atoms with Gasteiger partial charge in [0.05, 0.1) is 12.2 Å². The molecule has 9 nitrogen and oxygen atoms in total. The number of esters is 1. The van der Waals surface area contributed by atoms with Gasteiger partial charge in [-0.2, -0.15) is 0 Å². The first-order valence-electron chi connectivity index (χ1n) is 8.48. The first kappa shape index (κ1) is 16.4. The van der Waals surface area contributed by atoms with E-state index >= 15 is 0 Å². The number of carbonyl (C=O) groups is 3. The van der Waals surface area contributed by atoms with E-state index in [0.29, 0.717) is 31.2 Å². The zero-order chi connectivity index (χ0) is 18.4. The third-order valence-electron chi connectivity index (χ3n) is 4.83. The Hall–Kier alpha value is -3.10. The number of ether oxygens (including phenoxy) is 1. The van der Waals surface area contributed by atoms with E-state index < -0.39 is 18.2 Å². The van der Waals surface area contributed by atoms with Crippen LogP contribution in [0.25, 0.3) is 0 Å². The average molecular weight is 357 g/mol. The monoisotopic (exact) mass is 357 g/mol. The van der Waals surface area contributed by atoms with Gasteiger partial charge in [-0.1, -0.05) is 0 Å². The van der Waals surface area contributed by atoms with Crippen molar-refractivity contribution in [3.8, 4) is 0 Å². The highest BCUT2D eigenvalue weighted by Crippen LogP contribution is 2.31. The summed E-state index contributed by atoms with van der Waals surface area (Å²) in [5.41, 5.74) is 1.35. The second-order valence-electron chi connectivity index (χ2n) is 6.31. The number of anilines is 1. The summed E-state index contributed by atoms with van der Waals surface area (Å²) < 4.78 is 4.99. The summed E-state index contributed by atoms with van der Waals surface area (Å²) in [4.78, 5) is 45.8. The van der Waals surface area contributed by atoms with Crippen LogP contribution in [-0.4, -0.2) is 72.6 Å². The van der Waals surface area contributed by atoms with E-state index in [1.807, 2.05) is 21.9 Å². The summed E-state index contributed by atoms with van der Waals surface area (Å²) in [5, 5.41) is 2.36. The highest BCUT2D eigenvalue weighted by molar-refractivity contribution is 6.08. The van der Waals surface area contributed by atoms with E-state index in [0.717, 1.165) is 5.69 Å². The maximum absolute atomic E-state index is 12.3. The molecule has 0 bridgehead atoms. The molecule has 0 saturated carbocycles. The lowest BCUT2D eigenvalue weighted by molar-refractivity contribution is -0.126. The van der Waals surface area contributed by atoms with Gasteiger partial charge in [-0.3, -0.25) is 10.1 Å². The average Bonchev–Trinajstić information content (AvgIpc) is 3.19. The van der Waals surface area contributed by atoms with Crippen LogP contribution in [0.2, 0.25) is 0 Å². The van der Waals surface area contributed by atoms with Crippen LogP contribution in [0, 0.1) is 0 Å². The Morgan fingerprint density at radius 3 is 2.69 bits per heavy atom. The third-order valence-corrected chi connectivity index (χ3v) is 4.83. The molecule has 2 fully saturated rings. The number of urea groups is 1. The van der Waals surface area contributed by atoms with Crippen molar-refractivity contribution < 1.29 is 19.1 Å². The van der Waals surface area contributed by atoms with Crippen LogP contribution >= 0.6 is 0 Å². The molecule has 0 aromatic heterocycles. The number of nitrogens with zero attached hydrogens (tertiary/aromatic N) is 4. The maximum atomic E-state index is 12.3. The van der Waals surface area contributed by atoms with Crippen LogP contribution < -0.4 is 10.2 Å². The summed E-state index contributed by atoms with van der Waals surface area (Å²) in [6.45, 7) is 3.40. The number of amides is 3. The number of rotatable bonds is 3. The smallest absolute Gasteiger partial charge is 0.338 e. The number of hydrogen-bond donors (Lipinski definition) is 1. The van der Waals surface area contributed by atoms with Gasteiger partial charge in [0.15, 0.2) is 12.2 Å². The minimum Gasteiger partial charge on any atom is -0.462 e. The van der Waals surface area contributed by atoms with Gasteiger partial charge in [0.1, 0.15) is 0 Å². The Labute approximate surface area is 150 Å². The molecule has 3 heterocycles. The number of fused-ring (bicyclic) bond motifs is 3. The molecule has 2 atom stereocenters. The van der Waals surface area contributed by atoms with Crippen molar-refractivity contribution in [1.82, 2.24) is 15.1 Å². The van der Waals surface area contributed by atoms with Crippen LogP contribution in [0.5, 0.6) is 0 Å². The summed E-state index contributed by atoms with van der Waals surface area (Å²) in [7, 11) is 1.63. The van der Waals surface area contributed by atoms with Crippen molar-refractivity contribution in [2.45, 2.75) is 19.1 Å². The Morgan fingerprint density at radius 1 is 1.27 bits per heavy atom. The van der Waals surface area contributed by atoms with E-state index in [1.165, 1.54) is 4.90 Å². The van der Waals surface area contributed by atoms with Crippen molar-refractivity contribution in [1.29, 1.82) is 0 Å². The first-order chi connectivity index (χ1) is 12.5. The highest BCUT2D eigenvalue weighted by atomic mass is 16.5. The molecule has 3 aliphatic rings. The summed E-state index contributed by atoms with van der Waals surface area (Å²) in [6, 6.07) is 6.13. The van der Waals surface area contributed by atoms with Gasteiger partial charge in [0.2, 0.25) is 5.96 Å². The Bertz CT molecular complexity index is 806. The zero-order valence-electron chi connectivity index (χ0n) is 14.5. The van der Waals surface area contributed by atoms with Gasteiger partial charge in [0.25, 0.3) is 5.91 Å². The van der Waals surface area contributed by atoms with Gasteiger partial charge >= 0.3 is 12.0 Å². The van der Waals surface area contributed by atoms with Crippen molar-refractivity contribution in [2.24, 2.45) is 4.99 Å². The number of nitrogens with one attached hydrogen (secondary N) is 1. The van der Waals surface area contributed by atoms with Crippen LogP contribution in [0.1, 0.15) is 17.3 Å². The number of guanidine groups is 1. The molecule has 1 N–H and O–H groups in total. The van der Waals surface area contributed by atoms with Gasteiger partial charge in [0, 0.05) is 25.8 Å². The largest absolute Gasteiger partial charge is 0.462 e. The summed E-state index contributed by atoms with van der Waals surface area (Å²) in [5.74, 6) is -0.0138. The van der Waals surface area contributed by atoms with Crippen LogP contribution in [0.4, 0.5) is 10.5 Å². The van der Waals surface area contributed by atoms with E-state index in [1.54, 1.807) is 26.1 Å². The summed E-state index contributed by atoms with van der Waals surface area (Å²) >= 11 is 0. The molecular weight excluding hydrogens is 338 g/mol. The number of carbonyl (C=O) groups excluding carboxylic acids is 3. The fourth-order valence-electron chi connectivity index (χ4n) is 3.52. The van der Waals surface area contributed by atoms with E-state index in [4.69, 9.17) is 4.74 Å². The molecule has 0 radical (unpaired) electrons. The predicted molar refractivity (Wildman–Crippen MR) is 92.8 cm³/mol. The topological polar surface area (TPSA) is 94.5 Å². The van der Waals surface area contributed by atoms with Gasteiger partial charge in [-0.15, -0.1) is 0 Å². The fraction of sp³-hybridized carbons (Fsp3) is 0.412. The molecule has 26 heavy (non-hydrogen) atoms. The van der Waals surface area contributed by atoms with E-state index in [2.05, 4.69) is 10.3 Å². The molecule has 2 saturated heterocycles. The summed E-state index contributed by atoms with van der Waals surface area (Å²) in [6.07, 6.45) is -0.521. The maximum Gasteiger partial charge on any atom is 0.338 e. The van der Waals surface area contributed by atoms with Crippen molar-refractivity contribution in [3.63, 3.8) is 0 Å². The standard InChI is InChI=1S/C17H19N5O4/c1-3-26-15(24)10-4-6-11(7-5-10)21-8-9-22-12-13(18-16(21)22)20(2)17(25)19-14(12)23/h4-7,12-13H,3,8-9H2,1-2H3,(H,19,23,25). The van der Waals surface area contributed by atoms with Gasteiger partial charge in [-0.25, -0.2) is 14.6 Å². The number of aliphatic imine (C=N–C) groups is 1. The highest BCUT2D eigenvalue weighted by Gasteiger charge is 2.51. The Morgan fingerprint density at radius 2 is 2.00 bits per heavy atom. The van der Waals surface area contributed by atoms with Crippen molar-refractivity contribution in [2.75, 3.05) is 31.6 Å². The predicted octanol–water partition coefficient (Wildman–Crippen LogP) is 0.231. The molecule has 1 aromatic rings. The van der Waals surface area contributed by atoms with Gasteiger partial charge < -0.3 is 19.4 Å².